The maximum atomic E-state index is 13.1. The van der Waals surface area contributed by atoms with Gasteiger partial charge in [0.1, 0.15) is 30.5 Å². The summed E-state index contributed by atoms with van der Waals surface area (Å²) < 4.78 is 22.8. The van der Waals surface area contributed by atoms with Crippen LogP contribution in [-0.2, 0) is 23.8 Å². The molecule has 3 fully saturated rings. The van der Waals surface area contributed by atoms with Crippen LogP contribution in [0.3, 0.4) is 0 Å². The molecule has 0 aromatic carbocycles. The molecule has 3 heterocycles. The molecule has 0 radical (unpaired) electrons. The van der Waals surface area contributed by atoms with Crippen LogP contribution in [0.2, 0.25) is 0 Å². The molecule has 5 rings (SSSR count). The summed E-state index contributed by atoms with van der Waals surface area (Å²) in [6, 6.07) is 1.68. The quantitative estimate of drug-likeness (QED) is 0.322. The van der Waals surface area contributed by atoms with Gasteiger partial charge in [0, 0.05) is 16.6 Å². The van der Waals surface area contributed by atoms with Gasteiger partial charge in [-0.25, -0.2) is 4.79 Å². The first-order chi connectivity index (χ1) is 17.5. The third kappa shape index (κ3) is 4.03. The lowest BCUT2D eigenvalue weighted by atomic mass is 9.46. The van der Waals surface area contributed by atoms with Gasteiger partial charge in [-0.05, 0) is 43.1 Å². The van der Waals surface area contributed by atoms with Crippen molar-refractivity contribution in [3.8, 4) is 0 Å². The van der Waals surface area contributed by atoms with E-state index in [2.05, 4.69) is 0 Å². The van der Waals surface area contributed by atoms with Gasteiger partial charge in [-0.3, -0.25) is 4.79 Å². The molecule has 5 N–H and O–H groups in total. The molecule has 1 aromatic rings. The molecule has 2 aliphatic heterocycles. The number of ether oxygens (including phenoxy) is 3. The van der Waals surface area contributed by atoms with Crippen LogP contribution in [-0.4, -0.2) is 80.9 Å². The Bertz CT molecular complexity index is 1050. The van der Waals surface area contributed by atoms with E-state index in [4.69, 9.17) is 18.6 Å². The molecule has 11 heteroatoms. The van der Waals surface area contributed by atoms with E-state index in [1.54, 1.807) is 12.1 Å². The molecule has 2 saturated heterocycles. The van der Waals surface area contributed by atoms with Crippen molar-refractivity contribution in [1.29, 1.82) is 0 Å². The van der Waals surface area contributed by atoms with Crippen molar-refractivity contribution in [3.63, 3.8) is 0 Å². The van der Waals surface area contributed by atoms with E-state index >= 15 is 0 Å². The lowest BCUT2D eigenvalue weighted by molar-refractivity contribution is -0.315. The van der Waals surface area contributed by atoms with Crippen LogP contribution in [0.15, 0.2) is 34.7 Å². The minimum Gasteiger partial charge on any atom is -0.478 e. The summed E-state index contributed by atoms with van der Waals surface area (Å²) in [5, 5.41) is 50.6. The predicted octanol–water partition coefficient (Wildman–Crippen LogP) is 0.906. The van der Waals surface area contributed by atoms with Crippen LogP contribution >= 0.6 is 0 Å². The molecule has 11 unspecified atom stereocenters. The van der Waals surface area contributed by atoms with Gasteiger partial charge < -0.3 is 44.2 Å². The van der Waals surface area contributed by atoms with Gasteiger partial charge in [0.15, 0.2) is 6.29 Å². The Labute approximate surface area is 213 Å². The second-order valence-electron chi connectivity index (χ2n) is 11.1. The number of allylic oxidation sites excluding steroid dienone is 1. The van der Waals surface area contributed by atoms with E-state index < -0.39 is 72.2 Å². The second kappa shape index (κ2) is 9.48. The van der Waals surface area contributed by atoms with Gasteiger partial charge in [-0.15, -0.1) is 0 Å². The fourth-order valence-corrected chi connectivity index (χ4v) is 7.29. The number of aliphatic carboxylic acids is 1. The number of carboxylic acid groups (broad SMARTS) is 1. The molecule has 37 heavy (non-hydrogen) atoms. The number of aliphatic hydroxyl groups excluding tert-OH is 4. The van der Waals surface area contributed by atoms with Crippen molar-refractivity contribution in [2.75, 3.05) is 6.61 Å². The van der Waals surface area contributed by atoms with Crippen LogP contribution in [0, 0.1) is 22.7 Å². The highest BCUT2D eigenvalue weighted by atomic mass is 16.7. The minimum atomic E-state index is -1.61. The Kier molecular flexibility index (Phi) is 6.74. The zero-order chi connectivity index (χ0) is 26.7. The third-order valence-corrected chi connectivity index (χ3v) is 9.28. The Hall–Kier alpha value is -2.28. The Balaban J connectivity index is 1.50. The van der Waals surface area contributed by atoms with Crippen LogP contribution in [0.4, 0.5) is 0 Å². The first-order valence-electron chi connectivity index (χ1n) is 12.6. The number of carboxylic acids is 1. The molecule has 204 valence electrons. The molecule has 1 saturated carbocycles. The van der Waals surface area contributed by atoms with Crippen LogP contribution < -0.4 is 0 Å². The Morgan fingerprint density at radius 3 is 2.62 bits per heavy atom. The molecule has 2 aliphatic carbocycles. The first-order valence-corrected chi connectivity index (χ1v) is 12.6. The lowest BCUT2D eigenvalue weighted by Gasteiger charge is -2.56. The standard InChI is InChI=1S/C26H34O11/c1-25(14-8-18(37-23(14)33)26(2)13(22(31)32)4-3-5-17(25)26)9-15(12-6-7-34-11-12)35-24-21(30)20(29)19(28)16(10-27)36-24/h4,6-7,11,14-21,24,27-30H,3,5,8-10H2,1-2H3,(H,31,32). The number of hydrogen-bond donors (Lipinski definition) is 5. The summed E-state index contributed by atoms with van der Waals surface area (Å²) >= 11 is 0. The summed E-state index contributed by atoms with van der Waals surface area (Å²) in [5.74, 6) is -2.11. The lowest BCUT2D eigenvalue weighted by Crippen LogP contribution is -2.59. The highest BCUT2D eigenvalue weighted by Crippen LogP contribution is 2.66. The highest BCUT2D eigenvalue weighted by Gasteiger charge is 2.67. The van der Waals surface area contributed by atoms with Crippen molar-refractivity contribution in [2.45, 2.75) is 82.4 Å². The topological polar surface area (TPSA) is 176 Å². The number of esters is 1. The molecule has 1 aromatic heterocycles. The summed E-state index contributed by atoms with van der Waals surface area (Å²) in [6.07, 6.45) is -2.13. The molecular formula is C26H34O11. The van der Waals surface area contributed by atoms with Crippen LogP contribution in [0.25, 0.3) is 0 Å². The second-order valence-corrected chi connectivity index (χ2v) is 11.1. The maximum Gasteiger partial charge on any atom is 0.331 e. The Morgan fingerprint density at radius 2 is 1.97 bits per heavy atom. The van der Waals surface area contributed by atoms with E-state index in [9.17, 15) is 35.1 Å². The fourth-order valence-electron chi connectivity index (χ4n) is 7.29. The normalized spacial score (nSPS) is 44.1. The van der Waals surface area contributed by atoms with Crippen LogP contribution in [0.1, 0.15) is 51.2 Å². The maximum absolute atomic E-state index is 13.1. The molecule has 0 spiro atoms. The van der Waals surface area contributed by atoms with Gasteiger partial charge in [-0.2, -0.15) is 0 Å². The van der Waals surface area contributed by atoms with E-state index in [0.29, 0.717) is 24.8 Å². The van der Waals surface area contributed by atoms with Crippen molar-refractivity contribution in [1.82, 2.24) is 0 Å². The van der Waals surface area contributed by atoms with Crippen molar-refractivity contribution < 1.29 is 53.7 Å². The number of fused-ring (bicyclic) bond motifs is 4. The van der Waals surface area contributed by atoms with Gasteiger partial charge in [0.05, 0.1) is 31.2 Å². The number of rotatable bonds is 7. The van der Waals surface area contributed by atoms with E-state index in [1.165, 1.54) is 12.5 Å². The molecule has 11 nitrogen and oxygen atoms in total. The smallest absolute Gasteiger partial charge is 0.331 e. The van der Waals surface area contributed by atoms with Crippen LogP contribution in [0.5, 0.6) is 0 Å². The molecule has 4 aliphatic rings. The average Bonchev–Trinajstić information content (AvgIpc) is 3.53. The molecule has 2 bridgehead atoms. The fraction of sp³-hybridized carbons (Fsp3) is 0.692. The number of carbonyl (C=O) groups excluding carboxylic acids is 1. The summed E-state index contributed by atoms with van der Waals surface area (Å²) in [7, 11) is 0. The SMILES string of the molecule is CC1(CC(OC2OC(CO)C(O)C(O)C2O)c2ccoc2)C2CC(OC2=O)C2(C)C(C(=O)O)=CCCC12. The predicted molar refractivity (Wildman–Crippen MR) is 124 cm³/mol. The summed E-state index contributed by atoms with van der Waals surface area (Å²) in [4.78, 5) is 25.4. The van der Waals surface area contributed by atoms with Gasteiger partial charge >= 0.3 is 11.9 Å². The zero-order valence-electron chi connectivity index (χ0n) is 20.7. The summed E-state index contributed by atoms with van der Waals surface area (Å²) in [5.41, 5.74) is -0.809. The summed E-state index contributed by atoms with van der Waals surface area (Å²) in [6.45, 7) is 3.22. The monoisotopic (exact) mass is 522 g/mol. The van der Waals surface area contributed by atoms with Crippen molar-refractivity contribution in [3.05, 3.63) is 35.8 Å². The van der Waals surface area contributed by atoms with Gasteiger partial charge in [-0.1, -0.05) is 19.9 Å². The van der Waals surface area contributed by atoms with E-state index in [0.717, 1.165) is 0 Å². The van der Waals surface area contributed by atoms with Crippen molar-refractivity contribution in [2.24, 2.45) is 22.7 Å². The van der Waals surface area contributed by atoms with E-state index in [-0.39, 0.29) is 23.9 Å². The van der Waals surface area contributed by atoms with Crippen molar-refractivity contribution >= 4 is 11.9 Å². The number of carbonyl (C=O) groups is 2. The largest absolute Gasteiger partial charge is 0.478 e. The van der Waals surface area contributed by atoms with Gasteiger partial charge in [0.2, 0.25) is 0 Å². The molecule has 0 amide bonds. The number of aliphatic hydroxyl groups is 4. The van der Waals surface area contributed by atoms with Gasteiger partial charge in [0.25, 0.3) is 0 Å². The average molecular weight is 523 g/mol. The number of furan rings is 1. The minimum absolute atomic E-state index is 0.223. The highest BCUT2D eigenvalue weighted by molar-refractivity contribution is 5.89. The number of hydrogen-bond acceptors (Lipinski definition) is 10. The molecular weight excluding hydrogens is 488 g/mol. The zero-order valence-corrected chi connectivity index (χ0v) is 20.7. The first kappa shape index (κ1) is 26.3. The molecule has 11 atom stereocenters. The van der Waals surface area contributed by atoms with E-state index in [1.807, 2.05) is 13.8 Å². The Morgan fingerprint density at radius 1 is 1.22 bits per heavy atom. The third-order valence-electron chi connectivity index (χ3n) is 9.28.